The molecule has 1 aliphatic rings. The van der Waals surface area contributed by atoms with Gasteiger partial charge >= 0.3 is 0 Å². The molecule has 4 heteroatoms. The first-order valence-corrected chi connectivity index (χ1v) is 6.67. The third kappa shape index (κ3) is 6.03. The summed E-state index contributed by atoms with van der Waals surface area (Å²) >= 11 is 0. The number of nitrogens with zero attached hydrogens (tertiary/aromatic N) is 1. The number of rotatable bonds is 5. The summed E-state index contributed by atoms with van der Waals surface area (Å²) in [7, 11) is 4.03. The number of nitrogens with two attached hydrogens (primary N) is 1. The zero-order valence-electron chi connectivity index (χ0n) is 11.4. The molecule has 1 fully saturated rings. The molecule has 3 unspecified atom stereocenters. The second kappa shape index (κ2) is 6.97. The summed E-state index contributed by atoms with van der Waals surface area (Å²) in [5.74, 6) is 0.670. The third-order valence-corrected chi connectivity index (χ3v) is 3.34. The first kappa shape index (κ1) is 14.5. The molecule has 1 amide bonds. The van der Waals surface area contributed by atoms with Gasteiger partial charge in [0.2, 0.25) is 5.91 Å². The van der Waals surface area contributed by atoms with Crippen molar-refractivity contribution in [2.45, 2.75) is 51.1 Å². The van der Waals surface area contributed by atoms with Crippen LogP contribution in [-0.4, -0.2) is 43.5 Å². The Balaban J connectivity index is 2.24. The van der Waals surface area contributed by atoms with Gasteiger partial charge in [-0.25, -0.2) is 0 Å². The molecule has 0 bridgehead atoms. The van der Waals surface area contributed by atoms with Crippen LogP contribution in [0, 0.1) is 5.92 Å². The third-order valence-electron chi connectivity index (χ3n) is 3.34. The number of amides is 1. The maximum Gasteiger partial charge on any atom is 0.220 e. The van der Waals surface area contributed by atoms with Gasteiger partial charge in [0.05, 0.1) is 0 Å². The van der Waals surface area contributed by atoms with E-state index in [0.717, 1.165) is 25.8 Å². The largest absolute Gasteiger partial charge is 0.352 e. The molecule has 0 aliphatic heterocycles. The van der Waals surface area contributed by atoms with Crippen LogP contribution in [0.5, 0.6) is 0 Å². The van der Waals surface area contributed by atoms with Crippen LogP contribution < -0.4 is 11.1 Å². The smallest absolute Gasteiger partial charge is 0.220 e. The Kier molecular flexibility index (Phi) is 5.92. The van der Waals surface area contributed by atoms with E-state index < -0.39 is 0 Å². The van der Waals surface area contributed by atoms with Crippen LogP contribution in [0.1, 0.15) is 39.0 Å². The van der Waals surface area contributed by atoms with Crippen molar-refractivity contribution in [3.05, 3.63) is 0 Å². The summed E-state index contributed by atoms with van der Waals surface area (Å²) in [6.45, 7) is 2.93. The average Bonchev–Trinajstić information content (AvgIpc) is 2.14. The molecule has 1 saturated carbocycles. The van der Waals surface area contributed by atoms with Crippen molar-refractivity contribution in [3.8, 4) is 0 Å². The molecule has 0 radical (unpaired) electrons. The highest BCUT2D eigenvalue weighted by Gasteiger charge is 2.22. The average molecular weight is 241 g/mol. The van der Waals surface area contributed by atoms with E-state index >= 15 is 0 Å². The highest BCUT2D eigenvalue weighted by atomic mass is 16.1. The molecule has 0 heterocycles. The molecule has 0 aromatic carbocycles. The minimum atomic E-state index is 0.179. The van der Waals surface area contributed by atoms with Crippen molar-refractivity contribution in [1.82, 2.24) is 10.2 Å². The maximum atomic E-state index is 11.8. The summed E-state index contributed by atoms with van der Waals surface area (Å²) in [6.07, 6.45) is 5.10. The van der Waals surface area contributed by atoms with E-state index in [9.17, 15) is 4.79 Å². The Morgan fingerprint density at radius 1 is 1.47 bits per heavy atom. The molecule has 0 spiro atoms. The van der Waals surface area contributed by atoms with E-state index in [1.165, 1.54) is 6.42 Å². The molecule has 17 heavy (non-hydrogen) atoms. The highest BCUT2D eigenvalue weighted by Crippen LogP contribution is 2.25. The van der Waals surface area contributed by atoms with Crippen LogP contribution in [0.4, 0.5) is 0 Å². The van der Waals surface area contributed by atoms with E-state index in [-0.39, 0.29) is 11.9 Å². The quantitative estimate of drug-likeness (QED) is 0.754. The molecule has 0 aromatic rings. The second-order valence-electron chi connectivity index (χ2n) is 5.73. The lowest BCUT2D eigenvalue weighted by Crippen LogP contribution is -2.40. The predicted molar refractivity (Wildman–Crippen MR) is 70.7 cm³/mol. The van der Waals surface area contributed by atoms with Crippen molar-refractivity contribution in [1.29, 1.82) is 0 Å². The summed E-state index contributed by atoms with van der Waals surface area (Å²) in [4.78, 5) is 13.9. The number of hydrogen-bond acceptors (Lipinski definition) is 3. The van der Waals surface area contributed by atoms with Gasteiger partial charge in [0.15, 0.2) is 0 Å². The molecule has 100 valence electrons. The van der Waals surface area contributed by atoms with E-state index in [2.05, 4.69) is 10.2 Å². The minimum Gasteiger partial charge on any atom is -0.352 e. The number of carbonyl (C=O) groups is 1. The van der Waals surface area contributed by atoms with Crippen LogP contribution in [-0.2, 0) is 4.79 Å². The lowest BCUT2D eigenvalue weighted by molar-refractivity contribution is -0.122. The van der Waals surface area contributed by atoms with Crippen LogP contribution in [0.2, 0.25) is 0 Å². The molecule has 1 rings (SSSR count). The zero-order valence-corrected chi connectivity index (χ0v) is 11.4. The molecule has 3 N–H and O–H groups in total. The van der Waals surface area contributed by atoms with Gasteiger partial charge in [-0.2, -0.15) is 0 Å². The van der Waals surface area contributed by atoms with Crippen LogP contribution in [0.25, 0.3) is 0 Å². The summed E-state index contributed by atoms with van der Waals surface area (Å²) in [5, 5.41) is 3.05. The van der Waals surface area contributed by atoms with Crippen molar-refractivity contribution in [3.63, 3.8) is 0 Å². The van der Waals surface area contributed by atoms with Gasteiger partial charge in [-0.3, -0.25) is 4.79 Å². The Morgan fingerprint density at radius 2 is 2.18 bits per heavy atom. The summed E-state index contributed by atoms with van der Waals surface area (Å²) in [6, 6.07) is 0.524. The fraction of sp³-hybridized carbons (Fsp3) is 0.923. The first-order chi connectivity index (χ1) is 7.97. The van der Waals surface area contributed by atoms with Gasteiger partial charge in [0.25, 0.3) is 0 Å². The normalized spacial score (nSPS) is 26.9. The zero-order chi connectivity index (χ0) is 12.8. The summed E-state index contributed by atoms with van der Waals surface area (Å²) < 4.78 is 0. The number of carbonyl (C=O) groups excluding carboxylic acids is 1. The van der Waals surface area contributed by atoms with Crippen molar-refractivity contribution in [2.24, 2.45) is 11.7 Å². The van der Waals surface area contributed by atoms with E-state index in [1.54, 1.807) is 0 Å². The number of nitrogens with one attached hydrogen (secondary N) is 1. The van der Waals surface area contributed by atoms with Crippen molar-refractivity contribution >= 4 is 5.91 Å². The van der Waals surface area contributed by atoms with E-state index in [1.807, 2.05) is 21.0 Å². The monoisotopic (exact) mass is 241 g/mol. The van der Waals surface area contributed by atoms with Gasteiger partial charge in [-0.1, -0.05) is 6.42 Å². The van der Waals surface area contributed by atoms with Crippen molar-refractivity contribution < 1.29 is 4.79 Å². The molecular weight excluding hydrogens is 214 g/mol. The molecule has 0 aromatic heterocycles. The Bertz CT molecular complexity index is 243. The highest BCUT2D eigenvalue weighted by molar-refractivity contribution is 5.76. The van der Waals surface area contributed by atoms with Gasteiger partial charge in [-0.05, 0) is 46.2 Å². The van der Waals surface area contributed by atoms with Gasteiger partial charge in [0, 0.05) is 25.0 Å². The van der Waals surface area contributed by atoms with Crippen molar-refractivity contribution in [2.75, 3.05) is 20.6 Å². The second-order valence-corrected chi connectivity index (χ2v) is 5.73. The van der Waals surface area contributed by atoms with E-state index in [4.69, 9.17) is 5.73 Å². The van der Waals surface area contributed by atoms with Crippen LogP contribution >= 0.6 is 0 Å². The Morgan fingerprint density at radius 3 is 2.76 bits per heavy atom. The number of likely N-dealkylation sites (N-methyl/N-ethyl adjacent to an activating group) is 1. The lowest BCUT2D eigenvalue weighted by Gasteiger charge is -2.27. The SMILES string of the molecule is CC(CN(C)C)NC(=O)CC1CCCC(N)C1. The topological polar surface area (TPSA) is 58.4 Å². The molecule has 4 nitrogen and oxygen atoms in total. The summed E-state index contributed by atoms with van der Waals surface area (Å²) in [5.41, 5.74) is 5.93. The van der Waals surface area contributed by atoms with Gasteiger partial charge in [0.1, 0.15) is 0 Å². The molecule has 1 aliphatic carbocycles. The maximum absolute atomic E-state index is 11.8. The molecule has 0 saturated heterocycles. The lowest BCUT2D eigenvalue weighted by atomic mass is 9.84. The predicted octanol–water partition coefficient (Wildman–Crippen LogP) is 0.960. The van der Waals surface area contributed by atoms with Crippen LogP contribution in [0.3, 0.4) is 0 Å². The first-order valence-electron chi connectivity index (χ1n) is 6.67. The van der Waals surface area contributed by atoms with Gasteiger partial charge in [-0.15, -0.1) is 0 Å². The van der Waals surface area contributed by atoms with Gasteiger partial charge < -0.3 is 16.0 Å². The minimum absolute atomic E-state index is 0.179. The fourth-order valence-corrected chi connectivity index (χ4v) is 2.71. The number of hydrogen-bond donors (Lipinski definition) is 2. The molecule has 3 atom stereocenters. The fourth-order valence-electron chi connectivity index (χ4n) is 2.71. The van der Waals surface area contributed by atoms with E-state index in [0.29, 0.717) is 18.4 Å². The Hall–Kier alpha value is -0.610. The van der Waals surface area contributed by atoms with Crippen LogP contribution in [0.15, 0.2) is 0 Å². The molecular formula is C13H27N3O. The standard InChI is InChI=1S/C13H27N3O/c1-10(9-16(2)3)15-13(17)8-11-5-4-6-12(14)7-11/h10-12H,4-9,14H2,1-3H3,(H,15,17). The Labute approximate surface area is 105 Å².